The number of carbonyl (C=O) groups excluding carboxylic acids is 1. The summed E-state index contributed by atoms with van der Waals surface area (Å²) in [5, 5.41) is 12.5. The maximum Gasteiger partial charge on any atom is 0.229 e. The molecule has 1 fully saturated rings. The van der Waals surface area contributed by atoms with Gasteiger partial charge in [-0.2, -0.15) is 0 Å². The van der Waals surface area contributed by atoms with E-state index in [9.17, 15) is 9.18 Å². The van der Waals surface area contributed by atoms with Crippen molar-refractivity contribution in [1.29, 1.82) is 0 Å². The molecule has 0 atom stereocenters. The van der Waals surface area contributed by atoms with E-state index in [2.05, 4.69) is 15.5 Å². The summed E-state index contributed by atoms with van der Waals surface area (Å²) < 4.78 is 19.1. The van der Waals surface area contributed by atoms with Crippen LogP contribution in [0.1, 0.15) is 23.4 Å². The molecule has 0 radical (unpaired) electrons. The number of halogens is 1. The van der Waals surface area contributed by atoms with Crippen molar-refractivity contribution >= 4 is 28.1 Å². The Bertz CT molecular complexity index is 1000. The number of hydrogen-bond donors (Lipinski definition) is 1. The van der Waals surface area contributed by atoms with Gasteiger partial charge in [0.05, 0.1) is 12.8 Å². The predicted octanol–water partition coefficient (Wildman–Crippen LogP) is 4.13. The molecule has 6 nitrogen and oxygen atoms in total. The first-order valence-corrected chi connectivity index (χ1v) is 10.7. The van der Waals surface area contributed by atoms with Gasteiger partial charge in [-0.1, -0.05) is 35.6 Å². The number of benzene rings is 2. The number of anilines is 2. The Morgan fingerprint density at radius 3 is 2.60 bits per heavy atom. The average Bonchev–Trinajstić information content (AvgIpc) is 3.21. The molecule has 0 spiro atoms. The van der Waals surface area contributed by atoms with E-state index in [0.717, 1.165) is 16.3 Å². The number of rotatable bonds is 6. The van der Waals surface area contributed by atoms with Gasteiger partial charge in [0, 0.05) is 25.4 Å². The third kappa shape index (κ3) is 4.76. The van der Waals surface area contributed by atoms with Gasteiger partial charge in [0.2, 0.25) is 11.0 Å². The normalized spacial score (nSPS) is 14.5. The summed E-state index contributed by atoms with van der Waals surface area (Å²) in [7, 11) is 1.64. The van der Waals surface area contributed by atoms with Crippen molar-refractivity contribution in [3.05, 3.63) is 64.9 Å². The number of aromatic nitrogens is 2. The van der Waals surface area contributed by atoms with Gasteiger partial charge in [0.25, 0.3) is 0 Å². The molecule has 30 heavy (non-hydrogen) atoms. The van der Waals surface area contributed by atoms with Crippen LogP contribution in [0.3, 0.4) is 0 Å². The highest BCUT2D eigenvalue weighted by atomic mass is 32.1. The van der Waals surface area contributed by atoms with Crippen LogP contribution in [0, 0.1) is 11.7 Å². The molecule has 0 unspecified atom stereocenters. The predicted molar refractivity (Wildman–Crippen MR) is 116 cm³/mol. The fourth-order valence-corrected chi connectivity index (χ4v) is 4.37. The van der Waals surface area contributed by atoms with Crippen LogP contribution in [0.15, 0.2) is 48.5 Å². The second kappa shape index (κ2) is 9.21. The molecule has 2 aromatic carbocycles. The quantitative estimate of drug-likeness (QED) is 0.642. The molecule has 1 amide bonds. The highest BCUT2D eigenvalue weighted by Crippen LogP contribution is 2.27. The Hall–Kier alpha value is -3.00. The Balaban J connectivity index is 1.30. The maximum absolute atomic E-state index is 14.0. The fourth-order valence-electron chi connectivity index (χ4n) is 3.59. The minimum atomic E-state index is -0.223. The zero-order valence-electron chi connectivity index (χ0n) is 16.7. The second-order valence-corrected chi connectivity index (χ2v) is 8.29. The fraction of sp³-hybridized carbons (Fsp3) is 0.318. The first kappa shape index (κ1) is 20.3. The molecule has 0 aliphatic carbocycles. The molecule has 1 aliphatic rings. The largest absolute Gasteiger partial charge is 0.497 e. The van der Waals surface area contributed by atoms with E-state index in [-0.39, 0.29) is 17.6 Å². The summed E-state index contributed by atoms with van der Waals surface area (Å²) in [5.41, 5.74) is 1.70. The van der Waals surface area contributed by atoms with Crippen molar-refractivity contribution in [3.63, 3.8) is 0 Å². The van der Waals surface area contributed by atoms with Gasteiger partial charge in [0.1, 0.15) is 16.6 Å². The minimum Gasteiger partial charge on any atom is -0.497 e. The van der Waals surface area contributed by atoms with E-state index in [1.54, 1.807) is 19.2 Å². The number of piperidine rings is 1. The molecule has 8 heteroatoms. The number of methoxy groups -OCH3 is 1. The van der Waals surface area contributed by atoms with E-state index >= 15 is 0 Å². The molecule has 1 N–H and O–H groups in total. The van der Waals surface area contributed by atoms with Crippen LogP contribution in [-0.4, -0.2) is 36.3 Å². The number of nitrogens with one attached hydrogen (secondary N) is 1. The summed E-state index contributed by atoms with van der Waals surface area (Å²) in [5.74, 6) is 0.431. The van der Waals surface area contributed by atoms with Crippen LogP contribution in [-0.2, 0) is 11.2 Å². The Kier molecular flexibility index (Phi) is 6.23. The van der Waals surface area contributed by atoms with Crippen molar-refractivity contribution in [2.75, 3.05) is 30.4 Å². The maximum atomic E-state index is 14.0. The van der Waals surface area contributed by atoms with Gasteiger partial charge < -0.3 is 15.0 Å². The lowest BCUT2D eigenvalue weighted by molar-refractivity contribution is -0.120. The average molecular weight is 427 g/mol. The van der Waals surface area contributed by atoms with Crippen LogP contribution >= 0.6 is 11.3 Å². The van der Waals surface area contributed by atoms with E-state index in [0.29, 0.717) is 43.2 Å². The van der Waals surface area contributed by atoms with Gasteiger partial charge in [-0.05, 0) is 42.7 Å². The molecule has 1 aromatic heterocycles. The lowest BCUT2D eigenvalue weighted by Crippen LogP contribution is -2.38. The first-order valence-electron chi connectivity index (χ1n) is 9.88. The summed E-state index contributed by atoms with van der Waals surface area (Å²) in [6, 6.07) is 14.6. The molecule has 3 aromatic rings. The van der Waals surface area contributed by atoms with Crippen LogP contribution < -0.4 is 15.0 Å². The van der Waals surface area contributed by atoms with Crippen LogP contribution in [0.25, 0.3) is 0 Å². The molecule has 0 saturated carbocycles. The van der Waals surface area contributed by atoms with Crippen molar-refractivity contribution in [2.24, 2.45) is 5.92 Å². The van der Waals surface area contributed by atoms with Gasteiger partial charge in [0.15, 0.2) is 0 Å². The third-order valence-electron chi connectivity index (χ3n) is 5.27. The molecule has 1 aliphatic heterocycles. The standard InChI is InChI=1S/C22H23FN4O2S/c1-29-17-8-6-15(7-9-17)14-20-25-26-22(30-20)24-21(28)16-10-12-27(13-11-16)19-5-3-2-4-18(19)23/h2-9,16H,10-14H2,1H3,(H,24,26,28). The number of ether oxygens (including phenoxy) is 1. The zero-order chi connectivity index (χ0) is 20.9. The van der Waals surface area contributed by atoms with Crippen LogP contribution in [0.4, 0.5) is 15.2 Å². The third-order valence-corrected chi connectivity index (χ3v) is 6.11. The highest BCUT2D eigenvalue weighted by molar-refractivity contribution is 7.15. The second-order valence-electron chi connectivity index (χ2n) is 7.23. The Morgan fingerprint density at radius 2 is 1.90 bits per heavy atom. The molecular weight excluding hydrogens is 403 g/mol. The van der Waals surface area contributed by atoms with Crippen molar-refractivity contribution in [3.8, 4) is 5.75 Å². The van der Waals surface area contributed by atoms with Crippen molar-refractivity contribution < 1.29 is 13.9 Å². The number of carbonyl (C=O) groups is 1. The lowest BCUT2D eigenvalue weighted by atomic mass is 9.95. The molecule has 2 heterocycles. The van der Waals surface area contributed by atoms with Crippen LogP contribution in [0.5, 0.6) is 5.75 Å². The molecular formula is C22H23FN4O2S. The molecule has 1 saturated heterocycles. The zero-order valence-corrected chi connectivity index (χ0v) is 17.5. The van der Waals surface area contributed by atoms with Crippen LogP contribution in [0.2, 0.25) is 0 Å². The van der Waals surface area contributed by atoms with Gasteiger partial charge in [-0.15, -0.1) is 10.2 Å². The highest BCUT2D eigenvalue weighted by Gasteiger charge is 2.26. The number of amides is 1. The minimum absolute atomic E-state index is 0.0460. The van der Waals surface area contributed by atoms with E-state index < -0.39 is 0 Å². The number of nitrogens with zero attached hydrogens (tertiary/aromatic N) is 3. The Labute approximate surface area is 178 Å². The van der Waals surface area contributed by atoms with E-state index in [1.807, 2.05) is 35.2 Å². The van der Waals surface area contributed by atoms with Gasteiger partial charge in [-0.3, -0.25) is 4.79 Å². The lowest BCUT2D eigenvalue weighted by Gasteiger charge is -2.33. The molecule has 0 bridgehead atoms. The molecule has 156 valence electrons. The summed E-state index contributed by atoms with van der Waals surface area (Å²) >= 11 is 1.38. The smallest absolute Gasteiger partial charge is 0.229 e. The van der Waals surface area contributed by atoms with Gasteiger partial charge >= 0.3 is 0 Å². The van der Waals surface area contributed by atoms with E-state index in [4.69, 9.17) is 4.74 Å². The topological polar surface area (TPSA) is 67.4 Å². The van der Waals surface area contributed by atoms with Crippen molar-refractivity contribution in [2.45, 2.75) is 19.3 Å². The van der Waals surface area contributed by atoms with Gasteiger partial charge in [-0.25, -0.2) is 4.39 Å². The molecule has 4 rings (SSSR count). The van der Waals surface area contributed by atoms with E-state index in [1.165, 1.54) is 17.4 Å². The summed E-state index contributed by atoms with van der Waals surface area (Å²) in [4.78, 5) is 14.6. The first-order chi connectivity index (χ1) is 14.6. The number of para-hydroxylation sites is 1. The summed E-state index contributed by atoms with van der Waals surface area (Å²) in [6.45, 7) is 1.30. The Morgan fingerprint density at radius 1 is 1.17 bits per heavy atom. The van der Waals surface area contributed by atoms with Crippen molar-refractivity contribution in [1.82, 2.24) is 10.2 Å². The SMILES string of the molecule is COc1ccc(Cc2nnc(NC(=O)C3CCN(c4ccccc4F)CC3)s2)cc1. The number of hydrogen-bond acceptors (Lipinski definition) is 6. The summed E-state index contributed by atoms with van der Waals surface area (Å²) in [6.07, 6.45) is 2.01. The monoisotopic (exact) mass is 426 g/mol.